The van der Waals surface area contributed by atoms with Crippen LogP contribution in [0.3, 0.4) is 0 Å². The predicted molar refractivity (Wildman–Crippen MR) is 81.1 cm³/mol. The van der Waals surface area contributed by atoms with Crippen LogP contribution in [0.1, 0.15) is 18.5 Å². The first kappa shape index (κ1) is 15.5. The van der Waals surface area contributed by atoms with Crippen LogP contribution in [0, 0.1) is 5.82 Å². The molecule has 2 aromatic carbocycles. The van der Waals surface area contributed by atoms with E-state index in [9.17, 15) is 12.8 Å². The SMILES string of the molecule is CNS(=O)(=O)c1cccc(NC(C)c2ccc(F)cc2)c1. The highest BCUT2D eigenvalue weighted by Crippen LogP contribution is 2.21. The van der Waals surface area contributed by atoms with E-state index in [4.69, 9.17) is 0 Å². The van der Waals surface area contributed by atoms with E-state index in [2.05, 4.69) is 10.0 Å². The molecular formula is C15H17FN2O2S. The maximum absolute atomic E-state index is 12.9. The molecule has 2 rings (SSSR count). The van der Waals surface area contributed by atoms with Crippen LogP contribution in [-0.2, 0) is 10.0 Å². The molecule has 0 aromatic heterocycles. The zero-order valence-corrected chi connectivity index (χ0v) is 12.6. The molecule has 0 aliphatic carbocycles. The Morgan fingerprint density at radius 3 is 2.38 bits per heavy atom. The molecule has 0 spiro atoms. The van der Waals surface area contributed by atoms with E-state index in [1.165, 1.54) is 25.2 Å². The Morgan fingerprint density at radius 1 is 1.10 bits per heavy atom. The summed E-state index contributed by atoms with van der Waals surface area (Å²) in [5.74, 6) is -0.284. The quantitative estimate of drug-likeness (QED) is 0.893. The lowest BCUT2D eigenvalue weighted by Crippen LogP contribution is -2.18. The van der Waals surface area contributed by atoms with Crippen molar-refractivity contribution < 1.29 is 12.8 Å². The number of rotatable bonds is 5. The minimum atomic E-state index is -3.47. The molecule has 0 heterocycles. The minimum Gasteiger partial charge on any atom is -0.378 e. The molecule has 0 radical (unpaired) electrons. The lowest BCUT2D eigenvalue weighted by atomic mass is 10.1. The summed E-state index contributed by atoms with van der Waals surface area (Å²) < 4.78 is 38.7. The van der Waals surface area contributed by atoms with Gasteiger partial charge in [0.15, 0.2) is 0 Å². The molecule has 4 nitrogen and oxygen atoms in total. The molecule has 0 fully saturated rings. The van der Waals surface area contributed by atoms with Crippen LogP contribution in [0.5, 0.6) is 0 Å². The number of hydrogen-bond donors (Lipinski definition) is 2. The number of halogens is 1. The van der Waals surface area contributed by atoms with Crippen LogP contribution in [0.25, 0.3) is 0 Å². The zero-order valence-electron chi connectivity index (χ0n) is 11.8. The van der Waals surface area contributed by atoms with E-state index in [1.807, 2.05) is 6.92 Å². The molecule has 1 atom stereocenters. The first-order valence-electron chi connectivity index (χ1n) is 6.48. The summed E-state index contributed by atoms with van der Waals surface area (Å²) in [5.41, 5.74) is 1.60. The van der Waals surface area contributed by atoms with Crippen molar-refractivity contribution in [2.24, 2.45) is 0 Å². The first-order valence-corrected chi connectivity index (χ1v) is 7.96. The molecule has 0 bridgehead atoms. The summed E-state index contributed by atoms with van der Waals surface area (Å²) in [6.45, 7) is 1.92. The average Bonchev–Trinajstić information content (AvgIpc) is 2.48. The topological polar surface area (TPSA) is 58.2 Å². The van der Waals surface area contributed by atoms with E-state index in [0.29, 0.717) is 5.69 Å². The van der Waals surface area contributed by atoms with E-state index in [1.54, 1.807) is 30.3 Å². The van der Waals surface area contributed by atoms with Crippen molar-refractivity contribution in [1.29, 1.82) is 0 Å². The van der Waals surface area contributed by atoms with Crippen LogP contribution in [0.4, 0.5) is 10.1 Å². The first-order chi connectivity index (χ1) is 9.92. The number of nitrogens with one attached hydrogen (secondary N) is 2. The van der Waals surface area contributed by atoms with Gasteiger partial charge in [0.2, 0.25) is 10.0 Å². The van der Waals surface area contributed by atoms with Crippen molar-refractivity contribution >= 4 is 15.7 Å². The van der Waals surface area contributed by atoms with Crippen molar-refractivity contribution in [3.05, 3.63) is 59.9 Å². The van der Waals surface area contributed by atoms with Gasteiger partial charge >= 0.3 is 0 Å². The maximum Gasteiger partial charge on any atom is 0.240 e. The summed E-state index contributed by atoms with van der Waals surface area (Å²) in [7, 11) is -2.09. The van der Waals surface area contributed by atoms with Gasteiger partial charge in [-0.1, -0.05) is 18.2 Å². The maximum atomic E-state index is 12.9. The Balaban J connectivity index is 2.20. The molecule has 0 aliphatic rings. The minimum absolute atomic E-state index is 0.0712. The zero-order chi connectivity index (χ0) is 15.5. The van der Waals surface area contributed by atoms with Gasteiger partial charge in [0.05, 0.1) is 4.90 Å². The van der Waals surface area contributed by atoms with Gasteiger partial charge in [0.1, 0.15) is 5.82 Å². The smallest absolute Gasteiger partial charge is 0.240 e. The lowest BCUT2D eigenvalue weighted by molar-refractivity contribution is 0.588. The Hall–Kier alpha value is -1.92. The summed E-state index contributed by atoms with van der Waals surface area (Å²) in [4.78, 5) is 0.196. The molecule has 21 heavy (non-hydrogen) atoms. The van der Waals surface area contributed by atoms with Crippen LogP contribution < -0.4 is 10.0 Å². The van der Waals surface area contributed by atoms with Crippen molar-refractivity contribution in [3.63, 3.8) is 0 Å². The van der Waals surface area contributed by atoms with Gasteiger partial charge in [-0.2, -0.15) is 0 Å². The highest BCUT2D eigenvalue weighted by atomic mass is 32.2. The number of sulfonamides is 1. The second-order valence-electron chi connectivity index (χ2n) is 4.65. The van der Waals surface area contributed by atoms with E-state index in [-0.39, 0.29) is 16.8 Å². The molecule has 0 saturated heterocycles. The summed E-state index contributed by atoms with van der Waals surface area (Å²) >= 11 is 0. The van der Waals surface area contributed by atoms with E-state index in [0.717, 1.165) is 5.56 Å². The molecule has 112 valence electrons. The monoisotopic (exact) mass is 308 g/mol. The van der Waals surface area contributed by atoms with Gasteiger partial charge in [-0.3, -0.25) is 0 Å². The van der Waals surface area contributed by atoms with Crippen molar-refractivity contribution in [1.82, 2.24) is 4.72 Å². The van der Waals surface area contributed by atoms with E-state index >= 15 is 0 Å². The van der Waals surface area contributed by atoms with Gasteiger partial charge in [0, 0.05) is 11.7 Å². The standard InChI is InChI=1S/C15H17FN2O2S/c1-11(12-6-8-13(16)9-7-12)18-14-4-3-5-15(10-14)21(19,20)17-2/h3-11,17-18H,1-2H3. The van der Waals surface area contributed by atoms with Crippen LogP contribution in [0.2, 0.25) is 0 Å². The summed E-state index contributed by atoms with van der Waals surface area (Å²) in [6.07, 6.45) is 0. The Morgan fingerprint density at radius 2 is 1.76 bits per heavy atom. The molecular weight excluding hydrogens is 291 g/mol. The van der Waals surface area contributed by atoms with Gasteiger partial charge in [0.25, 0.3) is 0 Å². The van der Waals surface area contributed by atoms with Crippen molar-refractivity contribution in [2.75, 3.05) is 12.4 Å². The Labute approximate surface area is 124 Å². The van der Waals surface area contributed by atoms with Crippen molar-refractivity contribution in [2.45, 2.75) is 17.9 Å². The Kier molecular flexibility index (Phi) is 4.59. The van der Waals surface area contributed by atoms with Gasteiger partial charge in [-0.25, -0.2) is 17.5 Å². The third kappa shape index (κ3) is 3.80. The molecule has 0 aliphatic heterocycles. The van der Waals surface area contributed by atoms with Crippen LogP contribution >= 0.6 is 0 Å². The fourth-order valence-corrected chi connectivity index (χ4v) is 2.73. The van der Waals surface area contributed by atoms with Crippen LogP contribution in [0.15, 0.2) is 53.4 Å². The third-order valence-electron chi connectivity index (χ3n) is 3.17. The molecule has 6 heteroatoms. The van der Waals surface area contributed by atoms with Gasteiger partial charge < -0.3 is 5.32 Å². The second-order valence-corrected chi connectivity index (χ2v) is 6.54. The van der Waals surface area contributed by atoms with Crippen LogP contribution in [-0.4, -0.2) is 15.5 Å². The normalized spacial score (nSPS) is 12.9. The number of benzene rings is 2. The predicted octanol–water partition coefficient (Wildman–Crippen LogP) is 2.91. The lowest BCUT2D eigenvalue weighted by Gasteiger charge is -2.16. The average molecular weight is 308 g/mol. The summed E-state index contributed by atoms with van der Waals surface area (Å²) in [6, 6.07) is 12.7. The van der Waals surface area contributed by atoms with Gasteiger partial charge in [-0.05, 0) is 49.9 Å². The van der Waals surface area contributed by atoms with E-state index < -0.39 is 10.0 Å². The highest BCUT2D eigenvalue weighted by molar-refractivity contribution is 7.89. The number of anilines is 1. The second kappa shape index (κ2) is 6.24. The largest absolute Gasteiger partial charge is 0.378 e. The molecule has 1 unspecified atom stereocenters. The number of hydrogen-bond acceptors (Lipinski definition) is 3. The van der Waals surface area contributed by atoms with Gasteiger partial charge in [-0.15, -0.1) is 0 Å². The highest BCUT2D eigenvalue weighted by Gasteiger charge is 2.12. The Bertz CT molecular complexity index is 715. The fourth-order valence-electron chi connectivity index (χ4n) is 1.96. The molecule has 0 saturated carbocycles. The summed E-state index contributed by atoms with van der Waals surface area (Å²) in [5, 5.41) is 3.20. The molecule has 2 N–H and O–H groups in total. The van der Waals surface area contributed by atoms with Crippen molar-refractivity contribution in [3.8, 4) is 0 Å². The fraction of sp³-hybridized carbons (Fsp3) is 0.200. The molecule has 2 aromatic rings. The molecule has 0 amide bonds. The third-order valence-corrected chi connectivity index (χ3v) is 4.58.